The molecular formula is C35H49NO2S. The highest BCUT2D eigenvalue weighted by Gasteiger charge is 2.45. The van der Waals surface area contributed by atoms with Crippen molar-refractivity contribution in [1.82, 2.24) is 5.32 Å². The molecule has 1 fully saturated rings. The molecule has 1 aliphatic heterocycles. The van der Waals surface area contributed by atoms with Crippen molar-refractivity contribution in [2.24, 2.45) is 11.8 Å². The molecule has 0 aromatic heterocycles. The number of benzene rings is 1. The fourth-order valence-corrected chi connectivity index (χ4v) is 6.00. The van der Waals surface area contributed by atoms with Crippen molar-refractivity contribution >= 4 is 23.5 Å². The van der Waals surface area contributed by atoms with Gasteiger partial charge in [-0.05, 0) is 75.0 Å². The van der Waals surface area contributed by atoms with Crippen molar-refractivity contribution in [2.75, 3.05) is 5.75 Å². The summed E-state index contributed by atoms with van der Waals surface area (Å²) in [5.41, 5.74) is 1.07. The number of hydrogen-bond acceptors (Lipinski definition) is 3. The lowest BCUT2D eigenvalue weighted by Crippen LogP contribution is -2.33. The van der Waals surface area contributed by atoms with Crippen molar-refractivity contribution in [3.8, 4) is 0 Å². The standard InChI is InChI=1S/C35H49NO2S/c1-4-6-7-8-9-10-11-12-13-14-15-16-17-18-19-20-21-25-28-39-31(5-2)34(37)32-29(3)33(36-35(32)38)30-26-23-22-24-27-30/h6-7,9-10,12-13,15-16,18-19,22-24,26-27,29,31-33H,4-5,8,11,14,17,20-21,25,28H2,1-3H3,(H,36,38)/b7-6-,10-9-,13-12-,16-15-,19-18-/t29-,31-,32?,33+/m0/s1. The van der Waals surface area contributed by atoms with E-state index in [9.17, 15) is 9.59 Å². The van der Waals surface area contributed by atoms with Gasteiger partial charge in [0.1, 0.15) is 5.92 Å². The van der Waals surface area contributed by atoms with Crippen molar-refractivity contribution in [3.63, 3.8) is 0 Å². The van der Waals surface area contributed by atoms with Gasteiger partial charge in [0.2, 0.25) is 5.91 Å². The van der Waals surface area contributed by atoms with Crippen molar-refractivity contribution < 1.29 is 9.59 Å². The van der Waals surface area contributed by atoms with Crippen molar-refractivity contribution in [2.45, 2.75) is 89.9 Å². The van der Waals surface area contributed by atoms with E-state index in [1.807, 2.05) is 37.3 Å². The molecule has 2 rings (SSSR count). The molecule has 1 aromatic carbocycles. The highest BCUT2D eigenvalue weighted by atomic mass is 32.2. The number of rotatable bonds is 19. The minimum absolute atomic E-state index is 0.0302. The second-order valence-electron chi connectivity index (χ2n) is 10.1. The number of unbranched alkanes of at least 4 members (excludes halogenated alkanes) is 2. The van der Waals surface area contributed by atoms with Crippen LogP contribution in [0.3, 0.4) is 0 Å². The molecule has 4 atom stereocenters. The maximum Gasteiger partial charge on any atom is 0.231 e. The first kappa shape index (κ1) is 32.6. The first-order chi connectivity index (χ1) is 19.1. The summed E-state index contributed by atoms with van der Waals surface area (Å²) in [6.07, 6.45) is 31.4. The van der Waals surface area contributed by atoms with Gasteiger partial charge < -0.3 is 5.32 Å². The fourth-order valence-electron chi connectivity index (χ4n) is 4.80. The van der Waals surface area contributed by atoms with Gasteiger partial charge in [0, 0.05) is 0 Å². The summed E-state index contributed by atoms with van der Waals surface area (Å²) < 4.78 is 0. The van der Waals surface area contributed by atoms with E-state index in [2.05, 4.69) is 79.9 Å². The second-order valence-corrected chi connectivity index (χ2v) is 11.4. The number of Topliss-reactive ketones (excluding diaryl/α,β-unsaturated/α-hetero) is 1. The molecule has 0 spiro atoms. The van der Waals surface area contributed by atoms with E-state index >= 15 is 0 Å². The van der Waals surface area contributed by atoms with Crippen LogP contribution >= 0.6 is 11.8 Å². The lowest BCUT2D eigenvalue weighted by molar-refractivity contribution is -0.132. The van der Waals surface area contributed by atoms with Crippen LogP contribution in [0.2, 0.25) is 0 Å². The Morgan fingerprint density at radius 3 is 1.97 bits per heavy atom. The average molecular weight is 548 g/mol. The maximum absolute atomic E-state index is 13.3. The summed E-state index contributed by atoms with van der Waals surface area (Å²) in [7, 11) is 0. The highest BCUT2D eigenvalue weighted by molar-refractivity contribution is 8.00. The SMILES string of the molecule is CC/C=C\C/C=C\C/C=C\C/C=C\C/C=C\CCCCS[C@@H](CC)C(=O)C1C(=O)N[C@@H](c2ccccc2)[C@H]1C. The van der Waals surface area contributed by atoms with Crippen LogP contribution in [0.25, 0.3) is 0 Å². The quantitative estimate of drug-likeness (QED) is 0.107. The van der Waals surface area contributed by atoms with Gasteiger partial charge >= 0.3 is 0 Å². The lowest BCUT2D eigenvalue weighted by atomic mass is 9.84. The molecular weight excluding hydrogens is 498 g/mol. The van der Waals surface area contributed by atoms with E-state index in [1.54, 1.807) is 11.8 Å². The van der Waals surface area contributed by atoms with Crippen LogP contribution in [-0.2, 0) is 9.59 Å². The smallest absolute Gasteiger partial charge is 0.231 e. The molecule has 1 heterocycles. The van der Waals surface area contributed by atoms with Crippen LogP contribution in [-0.4, -0.2) is 22.7 Å². The molecule has 1 N–H and O–H groups in total. The van der Waals surface area contributed by atoms with Gasteiger partial charge in [0.25, 0.3) is 0 Å². The summed E-state index contributed by atoms with van der Waals surface area (Å²) in [5, 5.41) is 2.96. The fraction of sp³-hybridized carbons (Fsp3) is 0.486. The van der Waals surface area contributed by atoms with Crippen LogP contribution in [0.1, 0.15) is 90.2 Å². The minimum atomic E-state index is -0.547. The van der Waals surface area contributed by atoms with Crippen LogP contribution in [0, 0.1) is 11.8 Å². The molecule has 4 heteroatoms. The number of thioether (sulfide) groups is 1. The molecule has 1 unspecified atom stereocenters. The molecule has 1 aliphatic rings. The Bertz CT molecular complexity index is 976. The van der Waals surface area contributed by atoms with Gasteiger partial charge in [-0.25, -0.2) is 0 Å². The zero-order valence-electron chi connectivity index (χ0n) is 24.3. The predicted octanol–water partition coefficient (Wildman–Crippen LogP) is 9.11. The Morgan fingerprint density at radius 1 is 0.846 bits per heavy atom. The third-order valence-electron chi connectivity index (χ3n) is 7.03. The molecule has 1 amide bonds. The number of carbonyl (C=O) groups excluding carboxylic acids is 2. The summed E-state index contributed by atoms with van der Waals surface area (Å²) in [5.74, 6) is 0.369. The van der Waals surface area contributed by atoms with Gasteiger partial charge in [-0.15, -0.1) is 0 Å². The Balaban J connectivity index is 1.57. The Hall–Kier alpha value is -2.59. The highest BCUT2D eigenvalue weighted by Crippen LogP contribution is 2.37. The van der Waals surface area contributed by atoms with E-state index in [-0.39, 0.29) is 28.9 Å². The van der Waals surface area contributed by atoms with Crippen LogP contribution in [0.5, 0.6) is 0 Å². The number of ketones is 1. The van der Waals surface area contributed by atoms with Crippen molar-refractivity contribution in [3.05, 3.63) is 96.7 Å². The number of allylic oxidation sites excluding steroid dienone is 10. The normalized spacial score (nSPS) is 20.8. The second kappa shape index (κ2) is 20.3. The molecule has 0 bridgehead atoms. The molecule has 1 saturated heterocycles. The van der Waals surface area contributed by atoms with E-state index in [0.29, 0.717) is 0 Å². The summed E-state index contributed by atoms with van der Waals surface area (Å²) in [6.45, 7) is 6.24. The largest absolute Gasteiger partial charge is 0.348 e. The summed E-state index contributed by atoms with van der Waals surface area (Å²) >= 11 is 1.73. The maximum atomic E-state index is 13.3. The molecule has 0 aliphatic carbocycles. The number of hydrogen-bond donors (Lipinski definition) is 1. The molecule has 0 saturated carbocycles. The number of nitrogens with one attached hydrogen (secondary N) is 1. The van der Waals surface area contributed by atoms with E-state index in [0.717, 1.165) is 69.1 Å². The molecule has 3 nitrogen and oxygen atoms in total. The van der Waals surface area contributed by atoms with E-state index < -0.39 is 5.92 Å². The van der Waals surface area contributed by atoms with Gasteiger partial charge in [0.15, 0.2) is 5.78 Å². The predicted molar refractivity (Wildman–Crippen MR) is 170 cm³/mol. The summed E-state index contributed by atoms with van der Waals surface area (Å²) in [4.78, 5) is 26.0. The first-order valence-corrected chi connectivity index (χ1v) is 15.9. The molecule has 212 valence electrons. The van der Waals surface area contributed by atoms with Crippen molar-refractivity contribution in [1.29, 1.82) is 0 Å². The van der Waals surface area contributed by atoms with E-state index in [4.69, 9.17) is 0 Å². The average Bonchev–Trinajstić information content (AvgIpc) is 3.25. The molecule has 0 radical (unpaired) electrons. The van der Waals surface area contributed by atoms with E-state index in [1.165, 1.54) is 0 Å². The monoisotopic (exact) mass is 547 g/mol. The molecule has 39 heavy (non-hydrogen) atoms. The first-order valence-electron chi connectivity index (χ1n) is 14.9. The van der Waals surface area contributed by atoms with Gasteiger partial charge in [-0.1, -0.05) is 112 Å². The summed E-state index contributed by atoms with van der Waals surface area (Å²) in [6, 6.07) is 9.90. The van der Waals surface area contributed by atoms with Gasteiger partial charge in [0.05, 0.1) is 11.3 Å². The Morgan fingerprint density at radius 2 is 1.41 bits per heavy atom. The lowest BCUT2D eigenvalue weighted by Gasteiger charge is -2.21. The van der Waals surface area contributed by atoms with Crippen LogP contribution < -0.4 is 5.32 Å². The van der Waals surface area contributed by atoms with Gasteiger partial charge in [-0.2, -0.15) is 11.8 Å². The minimum Gasteiger partial charge on any atom is -0.348 e. The Labute approximate surface area is 242 Å². The third-order valence-corrected chi connectivity index (χ3v) is 8.52. The topological polar surface area (TPSA) is 46.2 Å². The molecule has 1 aromatic rings. The zero-order valence-corrected chi connectivity index (χ0v) is 25.1. The number of carbonyl (C=O) groups is 2. The van der Waals surface area contributed by atoms with Crippen LogP contribution in [0.4, 0.5) is 0 Å². The van der Waals surface area contributed by atoms with Gasteiger partial charge in [-0.3, -0.25) is 9.59 Å². The van der Waals surface area contributed by atoms with Crippen LogP contribution in [0.15, 0.2) is 91.1 Å². The third kappa shape index (κ3) is 12.4. The Kier molecular flexibility index (Phi) is 17.0. The number of amides is 1. The zero-order chi connectivity index (χ0) is 28.1.